The second-order valence-electron chi connectivity index (χ2n) is 7.40. The van der Waals surface area contributed by atoms with Crippen molar-refractivity contribution >= 4 is 23.2 Å². The van der Waals surface area contributed by atoms with Gasteiger partial charge in [0.05, 0.1) is 24.5 Å². The average Bonchev–Trinajstić information content (AvgIpc) is 2.80. The molecule has 3 aromatic rings. The molecule has 1 aliphatic heterocycles. The minimum absolute atomic E-state index is 0.0600. The summed E-state index contributed by atoms with van der Waals surface area (Å²) < 4.78 is 11.4. The molecular formula is C24H23N5O3. The van der Waals surface area contributed by atoms with Gasteiger partial charge in [-0.1, -0.05) is 6.07 Å². The minimum atomic E-state index is -0.141. The lowest BCUT2D eigenvalue weighted by Gasteiger charge is -2.23. The molecule has 0 radical (unpaired) electrons. The zero-order chi connectivity index (χ0) is 22.3. The predicted molar refractivity (Wildman–Crippen MR) is 121 cm³/mol. The van der Waals surface area contributed by atoms with Crippen molar-refractivity contribution in [2.45, 2.75) is 25.9 Å². The normalized spacial score (nSPS) is 13.8. The Balaban J connectivity index is 1.52. The first-order valence-corrected chi connectivity index (χ1v) is 10.4. The molecule has 8 nitrogen and oxygen atoms in total. The van der Waals surface area contributed by atoms with Gasteiger partial charge in [0, 0.05) is 42.9 Å². The van der Waals surface area contributed by atoms with Crippen LogP contribution in [0.5, 0.6) is 5.75 Å². The van der Waals surface area contributed by atoms with Crippen molar-refractivity contribution in [1.82, 2.24) is 9.97 Å². The summed E-state index contributed by atoms with van der Waals surface area (Å²) in [7, 11) is 0. The van der Waals surface area contributed by atoms with E-state index in [1.165, 1.54) is 6.92 Å². The Bertz CT molecular complexity index is 1150. The Morgan fingerprint density at radius 1 is 1.16 bits per heavy atom. The van der Waals surface area contributed by atoms with Gasteiger partial charge in [-0.25, -0.2) is 9.97 Å². The van der Waals surface area contributed by atoms with Crippen molar-refractivity contribution in [1.29, 1.82) is 5.26 Å². The molecule has 0 aliphatic carbocycles. The van der Waals surface area contributed by atoms with Gasteiger partial charge in [-0.15, -0.1) is 0 Å². The van der Waals surface area contributed by atoms with Crippen LogP contribution in [0.15, 0.2) is 54.7 Å². The van der Waals surface area contributed by atoms with Gasteiger partial charge in [-0.05, 0) is 42.5 Å². The fourth-order valence-corrected chi connectivity index (χ4v) is 3.44. The molecule has 0 saturated carbocycles. The van der Waals surface area contributed by atoms with Crippen LogP contribution in [0.3, 0.4) is 0 Å². The smallest absolute Gasteiger partial charge is 0.227 e. The van der Waals surface area contributed by atoms with E-state index in [1.807, 2.05) is 24.3 Å². The van der Waals surface area contributed by atoms with Crippen LogP contribution in [0.4, 0.5) is 17.3 Å². The van der Waals surface area contributed by atoms with E-state index in [4.69, 9.17) is 9.47 Å². The molecule has 2 N–H and O–H groups in total. The van der Waals surface area contributed by atoms with E-state index in [1.54, 1.807) is 30.5 Å². The molecule has 1 amide bonds. The number of nitriles is 1. The number of aromatic nitrogens is 2. The van der Waals surface area contributed by atoms with Gasteiger partial charge < -0.3 is 20.1 Å². The number of rotatable bonds is 6. The van der Waals surface area contributed by atoms with Gasteiger partial charge in [-0.2, -0.15) is 5.26 Å². The highest BCUT2D eigenvalue weighted by Gasteiger charge is 2.17. The Morgan fingerprint density at radius 2 is 1.97 bits per heavy atom. The van der Waals surface area contributed by atoms with Gasteiger partial charge >= 0.3 is 0 Å². The summed E-state index contributed by atoms with van der Waals surface area (Å²) in [6.07, 6.45) is 3.35. The Kier molecular flexibility index (Phi) is 6.58. The van der Waals surface area contributed by atoms with Crippen molar-refractivity contribution in [2.75, 3.05) is 23.8 Å². The first-order chi connectivity index (χ1) is 15.6. The number of ether oxygens (including phenoxy) is 2. The van der Waals surface area contributed by atoms with E-state index in [-0.39, 0.29) is 12.0 Å². The van der Waals surface area contributed by atoms with Crippen LogP contribution in [-0.2, 0) is 9.53 Å². The molecule has 4 rings (SSSR count). The third kappa shape index (κ3) is 5.39. The van der Waals surface area contributed by atoms with E-state index in [0.29, 0.717) is 41.9 Å². The summed E-state index contributed by atoms with van der Waals surface area (Å²) in [6, 6.07) is 16.8. The predicted octanol–water partition coefficient (Wildman–Crippen LogP) is 4.28. The van der Waals surface area contributed by atoms with Crippen LogP contribution < -0.4 is 15.4 Å². The fraction of sp³-hybridized carbons (Fsp3) is 0.250. The van der Waals surface area contributed by atoms with E-state index >= 15 is 0 Å². The quantitative estimate of drug-likeness (QED) is 0.602. The monoisotopic (exact) mass is 429 g/mol. The summed E-state index contributed by atoms with van der Waals surface area (Å²) in [5, 5.41) is 15.5. The molecule has 1 aliphatic rings. The molecule has 0 bridgehead atoms. The zero-order valence-electron chi connectivity index (χ0n) is 17.7. The summed E-state index contributed by atoms with van der Waals surface area (Å²) in [6.45, 7) is 2.81. The van der Waals surface area contributed by atoms with Crippen LogP contribution in [0.25, 0.3) is 11.3 Å². The summed E-state index contributed by atoms with van der Waals surface area (Å²) in [5.41, 5.74) is 3.35. The van der Waals surface area contributed by atoms with Crippen molar-refractivity contribution in [3.05, 3.63) is 60.3 Å². The van der Waals surface area contributed by atoms with E-state index in [9.17, 15) is 10.1 Å². The molecule has 0 atom stereocenters. The summed E-state index contributed by atoms with van der Waals surface area (Å²) in [5.74, 6) is 0.840. The van der Waals surface area contributed by atoms with Crippen LogP contribution >= 0.6 is 0 Å². The number of carbonyl (C=O) groups is 1. The number of amides is 1. The SMILES string of the molecule is CC(=O)Nc1cccc(Nc2nccc(-c3ccc(OC4CCOCC4)c(C#N)c3)n2)c1. The Labute approximate surface area is 186 Å². The molecule has 1 aromatic heterocycles. The van der Waals surface area contributed by atoms with Gasteiger partial charge in [0.2, 0.25) is 11.9 Å². The number of hydrogen-bond acceptors (Lipinski definition) is 7. The van der Waals surface area contributed by atoms with Crippen LogP contribution in [0.2, 0.25) is 0 Å². The van der Waals surface area contributed by atoms with E-state index < -0.39 is 0 Å². The van der Waals surface area contributed by atoms with Crippen molar-refractivity contribution in [2.24, 2.45) is 0 Å². The number of carbonyl (C=O) groups excluding carboxylic acids is 1. The molecule has 2 aromatic carbocycles. The number of nitrogens with zero attached hydrogens (tertiary/aromatic N) is 3. The van der Waals surface area contributed by atoms with Crippen LogP contribution in [0.1, 0.15) is 25.3 Å². The Morgan fingerprint density at radius 3 is 2.75 bits per heavy atom. The maximum atomic E-state index is 11.3. The molecule has 32 heavy (non-hydrogen) atoms. The summed E-state index contributed by atoms with van der Waals surface area (Å²) >= 11 is 0. The highest BCUT2D eigenvalue weighted by atomic mass is 16.5. The average molecular weight is 429 g/mol. The largest absolute Gasteiger partial charge is 0.489 e. The highest BCUT2D eigenvalue weighted by molar-refractivity contribution is 5.89. The number of anilines is 3. The molecule has 162 valence electrons. The lowest BCUT2D eigenvalue weighted by atomic mass is 10.1. The molecule has 1 saturated heterocycles. The molecule has 8 heteroatoms. The third-order valence-corrected chi connectivity index (χ3v) is 4.95. The Hall–Kier alpha value is -3.96. The third-order valence-electron chi connectivity index (χ3n) is 4.95. The minimum Gasteiger partial charge on any atom is -0.489 e. The molecule has 1 fully saturated rings. The van der Waals surface area contributed by atoms with E-state index in [2.05, 4.69) is 26.7 Å². The molecule has 0 spiro atoms. The van der Waals surface area contributed by atoms with Crippen LogP contribution in [0, 0.1) is 11.3 Å². The zero-order valence-corrected chi connectivity index (χ0v) is 17.7. The number of benzene rings is 2. The lowest BCUT2D eigenvalue weighted by Crippen LogP contribution is -2.26. The topological polar surface area (TPSA) is 109 Å². The van der Waals surface area contributed by atoms with Gasteiger partial charge in [0.1, 0.15) is 17.9 Å². The maximum Gasteiger partial charge on any atom is 0.227 e. The van der Waals surface area contributed by atoms with E-state index in [0.717, 1.165) is 24.1 Å². The standard InChI is InChI=1S/C24H23N5O3/c1-16(30)27-19-3-2-4-20(14-19)28-24-26-10-7-22(29-24)17-5-6-23(18(13-17)15-25)32-21-8-11-31-12-9-21/h2-7,10,13-14,21H,8-9,11-12H2,1H3,(H,27,30)(H,26,28,29). The highest BCUT2D eigenvalue weighted by Crippen LogP contribution is 2.28. The second-order valence-corrected chi connectivity index (χ2v) is 7.40. The van der Waals surface area contributed by atoms with Crippen LogP contribution in [-0.4, -0.2) is 35.2 Å². The molecule has 0 unspecified atom stereocenters. The first kappa shape index (κ1) is 21.3. The first-order valence-electron chi connectivity index (χ1n) is 10.4. The van der Waals surface area contributed by atoms with Gasteiger partial charge in [0.15, 0.2) is 0 Å². The maximum absolute atomic E-state index is 11.3. The van der Waals surface area contributed by atoms with Crippen molar-refractivity contribution in [3.63, 3.8) is 0 Å². The molecular weight excluding hydrogens is 406 g/mol. The molecule has 2 heterocycles. The number of hydrogen-bond donors (Lipinski definition) is 2. The van der Waals surface area contributed by atoms with Gasteiger partial charge in [0.25, 0.3) is 0 Å². The second kappa shape index (κ2) is 9.90. The van der Waals surface area contributed by atoms with Crippen molar-refractivity contribution in [3.8, 4) is 23.1 Å². The van der Waals surface area contributed by atoms with Gasteiger partial charge in [-0.3, -0.25) is 4.79 Å². The summed E-state index contributed by atoms with van der Waals surface area (Å²) in [4.78, 5) is 20.1. The van der Waals surface area contributed by atoms with Crippen molar-refractivity contribution < 1.29 is 14.3 Å². The lowest BCUT2D eigenvalue weighted by molar-refractivity contribution is -0.114. The fourth-order valence-electron chi connectivity index (χ4n) is 3.44. The number of nitrogens with one attached hydrogen (secondary N) is 2.